The van der Waals surface area contributed by atoms with Crippen molar-refractivity contribution in [3.63, 3.8) is 0 Å². The molecule has 6 heteroatoms. The molecule has 0 bridgehead atoms. The zero-order valence-corrected chi connectivity index (χ0v) is 14.6. The minimum absolute atomic E-state index is 0.0762. The fourth-order valence-corrected chi connectivity index (χ4v) is 3.22. The number of pyridine rings is 1. The van der Waals surface area contributed by atoms with Crippen LogP contribution in [0.5, 0.6) is 0 Å². The van der Waals surface area contributed by atoms with Crippen LogP contribution < -0.4 is 5.32 Å². The third-order valence-electron chi connectivity index (χ3n) is 4.47. The molecular formula is C19H22N6. The van der Waals surface area contributed by atoms with Gasteiger partial charge in [-0.3, -0.25) is 4.40 Å². The van der Waals surface area contributed by atoms with Crippen LogP contribution in [0.2, 0.25) is 0 Å². The van der Waals surface area contributed by atoms with E-state index in [9.17, 15) is 0 Å². The first-order valence-electron chi connectivity index (χ1n) is 8.75. The van der Waals surface area contributed by atoms with E-state index in [-0.39, 0.29) is 6.04 Å². The predicted molar refractivity (Wildman–Crippen MR) is 98.3 cm³/mol. The Morgan fingerprint density at radius 1 is 1.08 bits per heavy atom. The van der Waals surface area contributed by atoms with Crippen molar-refractivity contribution < 1.29 is 0 Å². The first kappa shape index (κ1) is 15.8. The van der Waals surface area contributed by atoms with E-state index in [1.165, 1.54) is 5.52 Å². The Morgan fingerprint density at radius 3 is 2.80 bits per heavy atom. The molecule has 25 heavy (non-hydrogen) atoms. The van der Waals surface area contributed by atoms with Gasteiger partial charge in [-0.2, -0.15) is 0 Å². The third-order valence-corrected chi connectivity index (χ3v) is 4.47. The molecule has 1 unspecified atom stereocenters. The molecular weight excluding hydrogens is 312 g/mol. The van der Waals surface area contributed by atoms with E-state index in [4.69, 9.17) is 4.98 Å². The summed E-state index contributed by atoms with van der Waals surface area (Å²) in [7, 11) is 0. The molecule has 0 spiro atoms. The maximum absolute atomic E-state index is 4.80. The summed E-state index contributed by atoms with van der Waals surface area (Å²) in [5, 5.41) is 12.1. The van der Waals surface area contributed by atoms with Crippen LogP contribution in [0, 0.1) is 0 Å². The number of aryl methyl sites for hydroxylation is 1. The first-order chi connectivity index (χ1) is 12.3. The molecule has 0 aliphatic carbocycles. The number of imidazole rings is 1. The topological polar surface area (TPSA) is 60.0 Å². The van der Waals surface area contributed by atoms with Gasteiger partial charge in [0.15, 0.2) is 11.5 Å². The van der Waals surface area contributed by atoms with E-state index in [1.54, 1.807) is 0 Å². The first-order valence-corrected chi connectivity index (χ1v) is 8.75. The van der Waals surface area contributed by atoms with Crippen molar-refractivity contribution in [3.05, 3.63) is 60.3 Å². The second kappa shape index (κ2) is 6.64. The summed E-state index contributed by atoms with van der Waals surface area (Å²) >= 11 is 0. The Kier molecular flexibility index (Phi) is 4.19. The number of rotatable bonds is 6. The SMILES string of the molecule is CCCn1c(CNC(C)c2nnc3ccccn23)nc2ccccc21. The number of benzene rings is 1. The molecule has 0 amide bonds. The monoisotopic (exact) mass is 334 g/mol. The van der Waals surface area contributed by atoms with E-state index in [2.05, 4.69) is 52.1 Å². The van der Waals surface area contributed by atoms with Crippen molar-refractivity contribution in [2.24, 2.45) is 0 Å². The third kappa shape index (κ3) is 2.89. The van der Waals surface area contributed by atoms with Gasteiger partial charge >= 0.3 is 0 Å². The van der Waals surface area contributed by atoms with Crippen molar-refractivity contribution in [1.29, 1.82) is 0 Å². The normalized spacial score (nSPS) is 12.9. The lowest BCUT2D eigenvalue weighted by Crippen LogP contribution is -2.22. The summed E-state index contributed by atoms with van der Waals surface area (Å²) in [5.74, 6) is 1.97. The van der Waals surface area contributed by atoms with Crippen molar-refractivity contribution in [2.45, 2.75) is 39.4 Å². The largest absolute Gasteiger partial charge is 0.327 e. The van der Waals surface area contributed by atoms with Gasteiger partial charge in [-0.1, -0.05) is 25.1 Å². The molecule has 6 nitrogen and oxygen atoms in total. The number of nitrogens with one attached hydrogen (secondary N) is 1. The molecule has 0 aliphatic rings. The van der Waals surface area contributed by atoms with E-state index in [0.717, 1.165) is 35.8 Å². The lowest BCUT2D eigenvalue weighted by atomic mass is 10.3. The van der Waals surface area contributed by atoms with Gasteiger partial charge in [-0.15, -0.1) is 10.2 Å². The van der Waals surface area contributed by atoms with Gasteiger partial charge in [0, 0.05) is 12.7 Å². The van der Waals surface area contributed by atoms with Crippen LogP contribution >= 0.6 is 0 Å². The highest BCUT2D eigenvalue weighted by Gasteiger charge is 2.15. The number of hydrogen-bond acceptors (Lipinski definition) is 4. The smallest absolute Gasteiger partial charge is 0.160 e. The molecule has 1 N–H and O–H groups in total. The molecule has 0 saturated carbocycles. The van der Waals surface area contributed by atoms with E-state index in [0.29, 0.717) is 6.54 Å². The Labute approximate surface area is 146 Å². The molecule has 1 aromatic carbocycles. The van der Waals surface area contributed by atoms with Gasteiger partial charge in [-0.25, -0.2) is 4.98 Å². The second-order valence-corrected chi connectivity index (χ2v) is 6.26. The maximum atomic E-state index is 4.80. The fourth-order valence-electron chi connectivity index (χ4n) is 3.22. The number of fused-ring (bicyclic) bond motifs is 2. The number of aromatic nitrogens is 5. The fraction of sp³-hybridized carbons (Fsp3) is 0.316. The molecule has 0 saturated heterocycles. The van der Waals surface area contributed by atoms with Crippen LogP contribution in [-0.2, 0) is 13.1 Å². The average molecular weight is 334 g/mol. The highest BCUT2D eigenvalue weighted by molar-refractivity contribution is 5.75. The van der Waals surface area contributed by atoms with Crippen LogP contribution in [0.4, 0.5) is 0 Å². The number of para-hydroxylation sites is 2. The highest BCUT2D eigenvalue weighted by Crippen LogP contribution is 2.18. The summed E-state index contributed by atoms with van der Waals surface area (Å²) in [6.45, 7) is 5.96. The van der Waals surface area contributed by atoms with Gasteiger partial charge < -0.3 is 9.88 Å². The summed E-state index contributed by atoms with van der Waals surface area (Å²) < 4.78 is 4.32. The van der Waals surface area contributed by atoms with E-state index < -0.39 is 0 Å². The Hall–Kier alpha value is -2.73. The van der Waals surface area contributed by atoms with E-state index >= 15 is 0 Å². The average Bonchev–Trinajstić information content (AvgIpc) is 3.22. The summed E-state index contributed by atoms with van der Waals surface area (Å²) in [6, 6.07) is 14.3. The lowest BCUT2D eigenvalue weighted by molar-refractivity contribution is 0.513. The molecule has 4 rings (SSSR count). The van der Waals surface area contributed by atoms with Crippen molar-refractivity contribution >= 4 is 16.7 Å². The Bertz CT molecular complexity index is 999. The Morgan fingerprint density at radius 2 is 1.92 bits per heavy atom. The van der Waals surface area contributed by atoms with Gasteiger partial charge in [0.25, 0.3) is 0 Å². The summed E-state index contributed by atoms with van der Waals surface area (Å²) in [5.41, 5.74) is 3.11. The zero-order valence-electron chi connectivity index (χ0n) is 14.6. The minimum Gasteiger partial charge on any atom is -0.327 e. The van der Waals surface area contributed by atoms with Crippen LogP contribution in [0.1, 0.15) is 38.0 Å². The standard InChI is InChI=1S/C19H22N6/c1-3-11-24-16-9-5-4-8-15(16)21-18(24)13-20-14(2)19-23-22-17-10-6-7-12-25(17)19/h4-10,12,14,20H,3,11,13H2,1-2H3. The zero-order chi connectivity index (χ0) is 17.2. The van der Waals surface area contributed by atoms with Crippen molar-refractivity contribution in [1.82, 2.24) is 29.5 Å². The van der Waals surface area contributed by atoms with Gasteiger partial charge in [0.2, 0.25) is 0 Å². The molecule has 0 radical (unpaired) electrons. The van der Waals surface area contributed by atoms with Gasteiger partial charge in [0.05, 0.1) is 23.6 Å². The summed E-state index contributed by atoms with van der Waals surface area (Å²) in [6.07, 6.45) is 3.08. The predicted octanol–water partition coefficient (Wildman–Crippen LogP) is 3.34. The molecule has 1 atom stereocenters. The van der Waals surface area contributed by atoms with Crippen LogP contribution in [0.25, 0.3) is 16.7 Å². The number of nitrogens with zero attached hydrogens (tertiary/aromatic N) is 5. The molecule has 4 aromatic rings. The van der Waals surface area contributed by atoms with Crippen LogP contribution in [-0.4, -0.2) is 24.1 Å². The minimum atomic E-state index is 0.0762. The number of hydrogen-bond donors (Lipinski definition) is 1. The molecule has 3 heterocycles. The molecule has 0 aliphatic heterocycles. The Balaban J connectivity index is 1.58. The molecule has 3 aromatic heterocycles. The van der Waals surface area contributed by atoms with E-state index in [1.807, 2.05) is 34.9 Å². The van der Waals surface area contributed by atoms with Crippen LogP contribution in [0.15, 0.2) is 48.7 Å². The van der Waals surface area contributed by atoms with Gasteiger partial charge in [-0.05, 0) is 37.6 Å². The maximum Gasteiger partial charge on any atom is 0.160 e. The van der Waals surface area contributed by atoms with Gasteiger partial charge in [0.1, 0.15) is 5.82 Å². The van der Waals surface area contributed by atoms with Crippen LogP contribution in [0.3, 0.4) is 0 Å². The molecule has 128 valence electrons. The molecule has 0 fully saturated rings. The lowest BCUT2D eigenvalue weighted by Gasteiger charge is -2.13. The van der Waals surface area contributed by atoms with Crippen molar-refractivity contribution in [2.75, 3.05) is 0 Å². The van der Waals surface area contributed by atoms with Crippen molar-refractivity contribution in [3.8, 4) is 0 Å². The second-order valence-electron chi connectivity index (χ2n) is 6.26. The quantitative estimate of drug-likeness (QED) is 0.587. The summed E-state index contributed by atoms with van der Waals surface area (Å²) in [4.78, 5) is 4.80. The highest BCUT2D eigenvalue weighted by atomic mass is 15.3.